The molecule has 0 bridgehead atoms. The summed E-state index contributed by atoms with van der Waals surface area (Å²) in [5, 5.41) is 3.05. The van der Waals surface area contributed by atoms with Crippen LogP contribution in [0.1, 0.15) is 23.1 Å². The van der Waals surface area contributed by atoms with E-state index in [1.807, 2.05) is 0 Å². The Morgan fingerprint density at radius 2 is 1.84 bits per heavy atom. The highest BCUT2D eigenvalue weighted by Gasteiger charge is 2.07. The largest absolute Gasteiger partial charge is 0.381 e. The van der Waals surface area contributed by atoms with Crippen molar-refractivity contribution in [2.45, 2.75) is 19.9 Å². The number of halogens is 3. The fraction of sp³-hybridized carbons (Fsp3) is 0.200. The van der Waals surface area contributed by atoms with Crippen LogP contribution in [-0.4, -0.2) is 0 Å². The first-order valence-corrected chi connectivity index (χ1v) is 5.94. The van der Waals surface area contributed by atoms with Gasteiger partial charge in [0.15, 0.2) is 0 Å². The van der Waals surface area contributed by atoms with E-state index in [9.17, 15) is 13.2 Å². The van der Waals surface area contributed by atoms with Crippen molar-refractivity contribution in [3.05, 3.63) is 65.0 Å². The summed E-state index contributed by atoms with van der Waals surface area (Å²) in [5.74, 6) is -0.286. The van der Waals surface area contributed by atoms with Gasteiger partial charge in [0.05, 0.1) is 0 Å². The molecule has 0 atom stereocenters. The maximum Gasteiger partial charge on any atom is 0.263 e. The normalized spacial score (nSPS) is 10.8. The van der Waals surface area contributed by atoms with E-state index in [-0.39, 0.29) is 11.4 Å². The van der Waals surface area contributed by atoms with E-state index in [0.717, 1.165) is 5.56 Å². The molecule has 100 valence electrons. The lowest BCUT2D eigenvalue weighted by Gasteiger charge is -2.11. The minimum Gasteiger partial charge on any atom is -0.381 e. The van der Waals surface area contributed by atoms with Crippen molar-refractivity contribution >= 4 is 5.69 Å². The van der Waals surface area contributed by atoms with E-state index in [0.29, 0.717) is 17.8 Å². The van der Waals surface area contributed by atoms with Gasteiger partial charge in [0.25, 0.3) is 6.43 Å². The number of hydrogen-bond acceptors (Lipinski definition) is 1. The second kappa shape index (κ2) is 5.78. The number of nitrogens with one attached hydrogen (secondary N) is 1. The van der Waals surface area contributed by atoms with Gasteiger partial charge in [-0.1, -0.05) is 24.3 Å². The molecule has 0 aliphatic heterocycles. The van der Waals surface area contributed by atoms with E-state index in [4.69, 9.17) is 0 Å². The van der Waals surface area contributed by atoms with Gasteiger partial charge in [0.2, 0.25) is 0 Å². The lowest BCUT2D eigenvalue weighted by molar-refractivity contribution is 0.151. The fourth-order valence-corrected chi connectivity index (χ4v) is 1.84. The topological polar surface area (TPSA) is 12.0 Å². The Hall–Kier alpha value is -1.97. The van der Waals surface area contributed by atoms with Crippen molar-refractivity contribution in [2.24, 2.45) is 0 Å². The quantitative estimate of drug-likeness (QED) is 0.846. The number of hydrogen-bond donors (Lipinski definition) is 1. The Balaban J connectivity index is 2.10. The van der Waals surface area contributed by atoms with Gasteiger partial charge in [-0.3, -0.25) is 0 Å². The zero-order valence-electron chi connectivity index (χ0n) is 10.5. The second-order valence-electron chi connectivity index (χ2n) is 4.31. The summed E-state index contributed by atoms with van der Waals surface area (Å²) in [7, 11) is 0. The van der Waals surface area contributed by atoms with Crippen LogP contribution < -0.4 is 5.32 Å². The summed E-state index contributed by atoms with van der Waals surface area (Å²) in [6, 6.07) is 11.0. The van der Waals surface area contributed by atoms with Crippen molar-refractivity contribution in [3.63, 3.8) is 0 Å². The van der Waals surface area contributed by atoms with Gasteiger partial charge in [-0.25, -0.2) is 13.2 Å². The predicted octanol–water partition coefficient (Wildman–Crippen LogP) is 4.68. The maximum atomic E-state index is 13.3. The van der Waals surface area contributed by atoms with Crippen LogP contribution >= 0.6 is 0 Å². The monoisotopic (exact) mass is 265 g/mol. The molecule has 0 spiro atoms. The van der Waals surface area contributed by atoms with Crippen LogP contribution in [0.5, 0.6) is 0 Å². The van der Waals surface area contributed by atoms with Gasteiger partial charge in [-0.05, 0) is 30.7 Å². The molecule has 0 heterocycles. The van der Waals surface area contributed by atoms with E-state index in [1.54, 1.807) is 31.2 Å². The number of rotatable bonds is 4. The molecule has 19 heavy (non-hydrogen) atoms. The lowest BCUT2D eigenvalue weighted by Crippen LogP contribution is -2.02. The standard InChI is InChI=1S/C15H14F3N/c1-10-13(16)6-3-7-14(10)19-9-11-4-2-5-12(8-11)15(17)18/h2-8,15,19H,9H2,1H3. The molecule has 0 radical (unpaired) electrons. The summed E-state index contributed by atoms with van der Waals surface area (Å²) >= 11 is 0. The molecule has 0 fully saturated rings. The number of benzene rings is 2. The molecule has 4 heteroatoms. The maximum absolute atomic E-state index is 13.3. The molecule has 0 aromatic heterocycles. The fourth-order valence-electron chi connectivity index (χ4n) is 1.84. The molecule has 1 nitrogen and oxygen atoms in total. The zero-order valence-corrected chi connectivity index (χ0v) is 10.5. The van der Waals surface area contributed by atoms with Crippen LogP contribution in [0.2, 0.25) is 0 Å². The smallest absolute Gasteiger partial charge is 0.263 e. The second-order valence-corrected chi connectivity index (χ2v) is 4.31. The SMILES string of the molecule is Cc1c(F)cccc1NCc1cccc(C(F)F)c1. The Morgan fingerprint density at radius 1 is 1.11 bits per heavy atom. The van der Waals surface area contributed by atoms with Crippen molar-refractivity contribution in [1.29, 1.82) is 0 Å². The first-order valence-electron chi connectivity index (χ1n) is 5.94. The molecule has 2 rings (SSSR count). The highest BCUT2D eigenvalue weighted by atomic mass is 19.3. The van der Waals surface area contributed by atoms with Crippen molar-refractivity contribution < 1.29 is 13.2 Å². The molecule has 0 saturated carbocycles. The van der Waals surface area contributed by atoms with E-state index in [2.05, 4.69) is 5.32 Å². The van der Waals surface area contributed by atoms with Crippen LogP contribution in [0.4, 0.5) is 18.9 Å². The van der Waals surface area contributed by atoms with Crippen LogP contribution in [0, 0.1) is 12.7 Å². The summed E-state index contributed by atoms with van der Waals surface area (Å²) in [5.41, 5.74) is 1.92. The highest BCUT2D eigenvalue weighted by Crippen LogP contribution is 2.21. The van der Waals surface area contributed by atoms with Crippen LogP contribution in [-0.2, 0) is 6.54 Å². The lowest BCUT2D eigenvalue weighted by atomic mass is 10.1. The molecule has 1 N–H and O–H groups in total. The summed E-state index contributed by atoms with van der Waals surface area (Å²) in [6.45, 7) is 2.05. The van der Waals surface area contributed by atoms with Gasteiger partial charge in [-0.15, -0.1) is 0 Å². The summed E-state index contributed by atoms with van der Waals surface area (Å²) in [4.78, 5) is 0. The zero-order chi connectivity index (χ0) is 13.8. The first kappa shape index (κ1) is 13.5. The molecular weight excluding hydrogens is 251 g/mol. The third-order valence-corrected chi connectivity index (χ3v) is 2.95. The van der Waals surface area contributed by atoms with Crippen molar-refractivity contribution in [3.8, 4) is 0 Å². The Kier molecular flexibility index (Phi) is 4.10. The number of alkyl halides is 2. The van der Waals surface area contributed by atoms with Gasteiger partial charge in [0.1, 0.15) is 5.82 Å². The Labute approximate surface area is 110 Å². The van der Waals surface area contributed by atoms with Crippen LogP contribution in [0.25, 0.3) is 0 Å². The minimum atomic E-state index is -2.48. The Bertz CT molecular complexity index is 567. The van der Waals surface area contributed by atoms with Gasteiger partial charge < -0.3 is 5.32 Å². The minimum absolute atomic E-state index is 0.00439. The van der Waals surface area contributed by atoms with E-state index >= 15 is 0 Å². The summed E-state index contributed by atoms with van der Waals surface area (Å²) in [6.07, 6.45) is -2.48. The third-order valence-electron chi connectivity index (χ3n) is 2.95. The van der Waals surface area contributed by atoms with Gasteiger partial charge in [-0.2, -0.15) is 0 Å². The molecule has 0 aliphatic carbocycles. The molecule has 0 unspecified atom stereocenters. The first-order chi connectivity index (χ1) is 9.08. The molecule has 0 aliphatic rings. The van der Waals surface area contributed by atoms with E-state index in [1.165, 1.54) is 18.2 Å². The van der Waals surface area contributed by atoms with Crippen molar-refractivity contribution in [1.82, 2.24) is 0 Å². The number of anilines is 1. The van der Waals surface area contributed by atoms with Crippen LogP contribution in [0.15, 0.2) is 42.5 Å². The molecule has 2 aromatic carbocycles. The third kappa shape index (κ3) is 3.28. The van der Waals surface area contributed by atoms with Gasteiger partial charge in [0, 0.05) is 23.4 Å². The predicted molar refractivity (Wildman–Crippen MR) is 69.9 cm³/mol. The van der Waals surface area contributed by atoms with Crippen LogP contribution in [0.3, 0.4) is 0 Å². The molecule has 0 amide bonds. The highest BCUT2D eigenvalue weighted by molar-refractivity contribution is 5.51. The molecule has 2 aromatic rings. The molecular formula is C15H14F3N. The molecule has 0 saturated heterocycles. The van der Waals surface area contributed by atoms with E-state index < -0.39 is 6.43 Å². The average Bonchev–Trinajstić information content (AvgIpc) is 2.41. The van der Waals surface area contributed by atoms with Crippen molar-refractivity contribution in [2.75, 3.05) is 5.32 Å². The average molecular weight is 265 g/mol. The van der Waals surface area contributed by atoms with Gasteiger partial charge >= 0.3 is 0 Å². The Morgan fingerprint density at radius 3 is 2.58 bits per heavy atom. The summed E-state index contributed by atoms with van der Waals surface area (Å²) < 4.78 is 38.5.